The van der Waals surface area contributed by atoms with E-state index in [-0.39, 0.29) is 24.4 Å². The zero-order valence-electron chi connectivity index (χ0n) is 12.9. The zero-order chi connectivity index (χ0) is 16.0. The molecular weight excluding hydrogens is 272 g/mol. The van der Waals surface area contributed by atoms with Crippen LogP contribution in [0.1, 0.15) is 25.5 Å². The number of benzene rings is 1. The Kier molecular flexibility index (Phi) is 6.45. The number of nitrogens with two attached hydrogens (primary N) is 1. The Bertz CT molecular complexity index is 454. The number of rotatable bonds is 7. The molecule has 0 aliphatic rings. The van der Waals surface area contributed by atoms with E-state index in [1.807, 2.05) is 0 Å². The van der Waals surface area contributed by atoms with E-state index in [4.69, 9.17) is 15.2 Å². The molecule has 0 aliphatic heterocycles. The first kappa shape index (κ1) is 17.3. The number of aliphatic hydroxyl groups excluding tert-OH is 1. The topological polar surface area (TPSA) is 93.8 Å². The molecule has 1 amide bonds. The Balaban J connectivity index is 2.71. The van der Waals surface area contributed by atoms with Gasteiger partial charge in [0.25, 0.3) is 0 Å². The summed E-state index contributed by atoms with van der Waals surface area (Å²) in [4.78, 5) is 11.8. The van der Waals surface area contributed by atoms with Gasteiger partial charge in [-0.1, -0.05) is 6.92 Å². The van der Waals surface area contributed by atoms with Gasteiger partial charge >= 0.3 is 0 Å². The number of hydrogen-bond donors (Lipinski definition) is 3. The molecule has 3 unspecified atom stereocenters. The Morgan fingerprint density at radius 1 is 1.24 bits per heavy atom. The fraction of sp³-hybridized carbons (Fsp3) is 0.533. The van der Waals surface area contributed by atoms with Crippen molar-refractivity contribution in [2.24, 2.45) is 11.7 Å². The van der Waals surface area contributed by atoms with E-state index >= 15 is 0 Å². The lowest BCUT2D eigenvalue weighted by atomic mass is 10.0. The number of amides is 1. The normalized spacial score (nSPS) is 15.0. The van der Waals surface area contributed by atoms with Crippen molar-refractivity contribution in [3.63, 3.8) is 0 Å². The monoisotopic (exact) mass is 296 g/mol. The third-order valence-corrected chi connectivity index (χ3v) is 3.43. The summed E-state index contributed by atoms with van der Waals surface area (Å²) in [5.74, 6) is 0.674. The van der Waals surface area contributed by atoms with Crippen LogP contribution < -0.4 is 20.5 Å². The number of ether oxygens (including phenoxy) is 2. The Morgan fingerprint density at radius 3 is 2.19 bits per heavy atom. The predicted molar refractivity (Wildman–Crippen MR) is 80.3 cm³/mol. The maximum atomic E-state index is 11.8. The molecule has 4 N–H and O–H groups in total. The van der Waals surface area contributed by atoms with Crippen molar-refractivity contribution in [2.75, 3.05) is 20.8 Å². The average molecular weight is 296 g/mol. The van der Waals surface area contributed by atoms with Crippen LogP contribution in [-0.2, 0) is 4.79 Å². The molecule has 1 rings (SSSR count). The van der Waals surface area contributed by atoms with Crippen LogP contribution >= 0.6 is 0 Å². The standard InChI is InChI=1S/C15H24N2O4/c1-9(10(2)16)15(19)17-8-14(18)11-5-12(20-3)7-13(6-11)21-4/h5-7,9-10,14,18H,8,16H2,1-4H3,(H,17,19). The lowest BCUT2D eigenvalue weighted by molar-refractivity contribution is -0.125. The summed E-state index contributed by atoms with van der Waals surface area (Å²) in [5, 5.41) is 12.9. The molecule has 118 valence electrons. The zero-order valence-corrected chi connectivity index (χ0v) is 12.9. The fourth-order valence-corrected chi connectivity index (χ4v) is 1.74. The first-order chi connectivity index (χ1) is 9.88. The van der Waals surface area contributed by atoms with Gasteiger partial charge in [0.1, 0.15) is 11.5 Å². The quantitative estimate of drug-likeness (QED) is 0.693. The summed E-state index contributed by atoms with van der Waals surface area (Å²) in [5.41, 5.74) is 6.28. The van der Waals surface area contributed by atoms with Gasteiger partial charge in [-0.15, -0.1) is 0 Å². The van der Waals surface area contributed by atoms with Crippen molar-refractivity contribution in [3.05, 3.63) is 23.8 Å². The first-order valence-corrected chi connectivity index (χ1v) is 6.83. The minimum Gasteiger partial charge on any atom is -0.497 e. The fourth-order valence-electron chi connectivity index (χ4n) is 1.74. The van der Waals surface area contributed by atoms with Crippen LogP contribution in [0.5, 0.6) is 11.5 Å². The molecule has 1 aromatic rings. The summed E-state index contributed by atoms with van der Waals surface area (Å²) < 4.78 is 10.3. The summed E-state index contributed by atoms with van der Waals surface area (Å²) in [6.07, 6.45) is -0.849. The van der Waals surface area contributed by atoms with Crippen LogP contribution in [0.4, 0.5) is 0 Å². The Morgan fingerprint density at radius 2 is 1.76 bits per heavy atom. The van der Waals surface area contributed by atoms with E-state index in [0.29, 0.717) is 17.1 Å². The van der Waals surface area contributed by atoms with Crippen LogP contribution in [0, 0.1) is 5.92 Å². The number of carbonyl (C=O) groups is 1. The third-order valence-electron chi connectivity index (χ3n) is 3.43. The summed E-state index contributed by atoms with van der Waals surface area (Å²) in [6, 6.07) is 4.88. The molecule has 0 saturated heterocycles. The molecular formula is C15H24N2O4. The van der Waals surface area contributed by atoms with Crippen molar-refractivity contribution in [1.82, 2.24) is 5.32 Å². The highest BCUT2D eigenvalue weighted by Gasteiger charge is 2.18. The highest BCUT2D eigenvalue weighted by molar-refractivity contribution is 5.78. The second kappa shape index (κ2) is 7.85. The highest BCUT2D eigenvalue weighted by Crippen LogP contribution is 2.26. The molecule has 0 aliphatic carbocycles. The van der Waals surface area contributed by atoms with Gasteiger partial charge in [0.05, 0.1) is 20.3 Å². The second-order valence-corrected chi connectivity index (χ2v) is 5.05. The smallest absolute Gasteiger partial charge is 0.224 e. The highest BCUT2D eigenvalue weighted by atomic mass is 16.5. The first-order valence-electron chi connectivity index (χ1n) is 6.83. The third kappa shape index (κ3) is 4.91. The van der Waals surface area contributed by atoms with Gasteiger partial charge in [0.15, 0.2) is 0 Å². The van der Waals surface area contributed by atoms with Gasteiger partial charge in [0.2, 0.25) is 5.91 Å². The van der Waals surface area contributed by atoms with Crippen LogP contribution in [0.2, 0.25) is 0 Å². The molecule has 0 fully saturated rings. The van der Waals surface area contributed by atoms with E-state index in [2.05, 4.69) is 5.32 Å². The molecule has 0 bridgehead atoms. The van der Waals surface area contributed by atoms with Gasteiger partial charge in [0, 0.05) is 24.6 Å². The summed E-state index contributed by atoms with van der Waals surface area (Å²) >= 11 is 0. The van der Waals surface area contributed by atoms with E-state index in [1.54, 1.807) is 32.0 Å². The molecule has 21 heavy (non-hydrogen) atoms. The molecule has 1 aromatic carbocycles. The molecule has 0 aromatic heterocycles. The van der Waals surface area contributed by atoms with Gasteiger partial charge < -0.3 is 25.6 Å². The van der Waals surface area contributed by atoms with Crippen molar-refractivity contribution < 1.29 is 19.4 Å². The van der Waals surface area contributed by atoms with E-state index < -0.39 is 6.10 Å². The van der Waals surface area contributed by atoms with Gasteiger partial charge in [-0.2, -0.15) is 0 Å². The minimum absolute atomic E-state index is 0.103. The maximum Gasteiger partial charge on any atom is 0.224 e. The lowest BCUT2D eigenvalue weighted by Crippen LogP contribution is -2.40. The van der Waals surface area contributed by atoms with Gasteiger partial charge in [-0.05, 0) is 24.6 Å². The molecule has 0 spiro atoms. The minimum atomic E-state index is -0.849. The van der Waals surface area contributed by atoms with Crippen LogP contribution in [0.15, 0.2) is 18.2 Å². The number of methoxy groups -OCH3 is 2. The number of aliphatic hydroxyl groups is 1. The number of hydrogen-bond acceptors (Lipinski definition) is 5. The van der Waals surface area contributed by atoms with E-state index in [0.717, 1.165) is 0 Å². The molecule has 6 heteroatoms. The van der Waals surface area contributed by atoms with Crippen LogP contribution in [0.25, 0.3) is 0 Å². The summed E-state index contributed by atoms with van der Waals surface area (Å²) in [6.45, 7) is 3.63. The molecule has 0 heterocycles. The molecule has 6 nitrogen and oxygen atoms in total. The number of carbonyl (C=O) groups excluding carboxylic acids is 1. The SMILES string of the molecule is COc1cc(OC)cc(C(O)CNC(=O)C(C)C(C)N)c1. The largest absolute Gasteiger partial charge is 0.497 e. The van der Waals surface area contributed by atoms with Gasteiger partial charge in [-0.25, -0.2) is 0 Å². The average Bonchev–Trinajstić information content (AvgIpc) is 2.50. The molecule has 0 saturated carbocycles. The van der Waals surface area contributed by atoms with E-state index in [9.17, 15) is 9.90 Å². The Hall–Kier alpha value is -1.79. The summed E-state index contributed by atoms with van der Waals surface area (Å²) in [7, 11) is 3.08. The molecule has 3 atom stereocenters. The predicted octanol–water partition coefficient (Wildman–Crippen LogP) is 0.837. The van der Waals surface area contributed by atoms with Crippen LogP contribution in [0.3, 0.4) is 0 Å². The van der Waals surface area contributed by atoms with Crippen molar-refractivity contribution in [2.45, 2.75) is 26.0 Å². The molecule has 0 radical (unpaired) electrons. The second-order valence-electron chi connectivity index (χ2n) is 5.05. The maximum absolute atomic E-state index is 11.8. The number of nitrogens with one attached hydrogen (secondary N) is 1. The Labute approximate surface area is 125 Å². The lowest BCUT2D eigenvalue weighted by Gasteiger charge is -2.18. The van der Waals surface area contributed by atoms with E-state index in [1.165, 1.54) is 14.2 Å². The van der Waals surface area contributed by atoms with Gasteiger partial charge in [-0.3, -0.25) is 4.79 Å². The van der Waals surface area contributed by atoms with Crippen molar-refractivity contribution >= 4 is 5.91 Å². The van der Waals surface area contributed by atoms with Crippen molar-refractivity contribution in [1.29, 1.82) is 0 Å². The van der Waals surface area contributed by atoms with Crippen LogP contribution in [-0.4, -0.2) is 37.8 Å². The van der Waals surface area contributed by atoms with Crippen molar-refractivity contribution in [3.8, 4) is 11.5 Å².